The van der Waals surface area contributed by atoms with Crippen molar-refractivity contribution in [2.24, 2.45) is 0 Å². The van der Waals surface area contributed by atoms with Crippen molar-refractivity contribution in [1.29, 1.82) is 0 Å². The number of benzene rings is 9. The van der Waals surface area contributed by atoms with Gasteiger partial charge in [0.25, 0.3) is 0 Å². The molecule has 0 atom stereocenters. The molecule has 1 aliphatic carbocycles. The van der Waals surface area contributed by atoms with Crippen LogP contribution >= 0.6 is 0 Å². The van der Waals surface area contributed by atoms with Gasteiger partial charge in [-0.05, 0) is 98.7 Å². The molecule has 230 valence electrons. The lowest BCUT2D eigenvalue weighted by Crippen LogP contribution is -2.15. The van der Waals surface area contributed by atoms with Gasteiger partial charge in [-0.2, -0.15) is 0 Å². The summed E-state index contributed by atoms with van der Waals surface area (Å²) in [4.78, 5) is 0. The molecular formula is C49H34. The molecule has 9 aromatic carbocycles. The summed E-state index contributed by atoms with van der Waals surface area (Å²) in [6.07, 6.45) is 0. The minimum absolute atomic E-state index is 0.0474. The van der Waals surface area contributed by atoms with Crippen LogP contribution in [0.2, 0.25) is 0 Å². The molecule has 0 heterocycles. The van der Waals surface area contributed by atoms with Gasteiger partial charge in [0, 0.05) is 5.41 Å². The van der Waals surface area contributed by atoms with E-state index < -0.39 is 0 Å². The number of hydrogen-bond acceptors (Lipinski definition) is 0. The van der Waals surface area contributed by atoms with Gasteiger partial charge in [0.2, 0.25) is 0 Å². The van der Waals surface area contributed by atoms with Crippen molar-refractivity contribution in [3.8, 4) is 44.5 Å². The van der Waals surface area contributed by atoms with Gasteiger partial charge in [0.15, 0.2) is 0 Å². The van der Waals surface area contributed by atoms with Crippen molar-refractivity contribution in [3.05, 3.63) is 181 Å². The maximum Gasteiger partial charge on any atom is 0.0165 e. The minimum atomic E-state index is -0.0474. The van der Waals surface area contributed by atoms with Gasteiger partial charge in [-0.15, -0.1) is 0 Å². The number of rotatable bonds is 3. The molecule has 1 aliphatic rings. The van der Waals surface area contributed by atoms with E-state index in [9.17, 15) is 0 Å². The molecule has 0 aromatic heterocycles. The van der Waals surface area contributed by atoms with Crippen LogP contribution in [0.1, 0.15) is 25.0 Å². The van der Waals surface area contributed by atoms with E-state index in [2.05, 4.69) is 184 Å². The van der Waals surface area contributed by atoms with Gasteiger partial charge >= 0.3 is 0 Å². The Morgan fingerprint density at radius 1 is 0.306 bits per heavy atom. The van der Waals surface area contributed by atoms with Crippen LogP contribution < -0.4 is 0 Å². The van der Waals surface area contributed by atoms with Gasteiger partial charge in [-0.1, -0.05) is 184 Å². The van der Waals surface area contributed by atoms with Crippen molar-refractivity contribution < 1.29 is 0 Å². The van der Waals surface area contributed by atoms with Crippen LogP contribution in [0.3, 0.4) is 0 Å². The van der Waals surface area contributed by atoms with Gasteiger partial charge in [-0.25, -0.2) is 0 Å². The minimum Gasteiger partial charge on any atom is -0.0619 e. The highest BCUT2D eigenvalue weighted by atomic mass is 14.4. The maximum atomic E-state index is 2.37. The summed E-state index contributed by atoms with van der Waals surface area (Å²) in [5.41, 5.74) is 13.2. The first kappa shape index (κ1) is 28.1. The summed E-state index contributed by atoms with van der Waals surface area (Å²) in [5, 5.41) is 10.3. The van der Waals surface area contributed by atoms with E-state index in [1.807, 2.05) is 0 Å². The Morgan fingerprint density at radius 2 is 0.816 bits per heavy atom. The average molecular weight is 623 g/mol. The second-order valence-electron chi connectivity index (χ2n) is 14.0. The van der Waals surface area contributed by atoms with E-state index in [1.54, 1.807) is 0 Å². The second kappa shape index (κ2) is 10.5. The Balaban J connectivity index is 1.15. The molecule has 0 aliphatic heterocycles. The zero-order valence-electron chi connectivity index (χ0n) is 27.7. The summed E-state index contributed by atoms with van der Waals surface area (Å²) in [5.74, 6) is 0. The Labute approximate surface area is 286 Å². The molecule has 49 heavy (non-hydrogen) atoms. The molecule has 0 N–H and O–H groups in total. The Kier molecular flexibility index (Phi) is 6.02. The summed E-state index contributed by atoms with van der Waals surface area (Å²) < 4.78 is 0. The third-order valence-electron chi connectivity index (χ3n) is 11.1. The molecule has 0 fully saturated rings. The van der Waals surface area contributed by atoms with Gasteiger partial charge < -0.3 is 0 Å². The van der Waals surface area contributed by atoms with Crippen molar-refractivity contribution >= 4 is 43.1 Å². The fourth-order valence-corrected chi connectivity index (χ4v) is 8.89. The van der Waals surface area contributed by atoms with E-state index in [1.165, 1.54) is 98.7 Å². The smallest absolute Gasteiger partial charge is 0.0165 e. The fraction of sp³-hybridized carbons (Fsp3) is 0.0612. The highest BCUT2D eigenvalue weighted by Crippen LogP contribution is 2.52. The van der Waals surface area contributed by atoms with Crippen molar-refractivity contribution in [2.45, 2.75) is 19.3 Å². The summed E-state index contributed by atoms with van der Waals surface area (Å²) in [7, 11) is 0. The standard InChI is InChI=1S/C49H34/c1-49(2)45-24-10-9-16-37(45)44-30-29-36-34(21-12-23-43(36)48(44)49)32-25-27-33(28-26-32)46-39-17-5-7-19-41(39)47(42-20-8-6-18-40(42)46)38-22-11-14-31-13-3-4-15-35(31)38/h3-30H,1-2H3. The van der Waals surface area contributed by atoms with Crippen LogP contribution in [0.15, 0.2) is 170 Å². The van der Waals surface area contributed by atoms with Crippen molar-refractivity contribution in [1.82, 2.24) is 0 Å². The largest absolute Gasteiger partial charge is 0.0619 e. The number of hydrogen-bond donors (Lipinski definition) is 0. The average Bonchev–Trinajstić information content (AvgIpc) is 3.40. The van der Waals surface area contributed by atoms with Gasteiger partial charge in [-0.3, -0.25) is 0 Å². The molecule has 10 rings (SSSR count). The van der Waals surface area contributed by atoms with Crippen LogP contribution in [0.4, 0.5) is 0 Å². The van der Waals surface area contributed by atoms with Crippen LogP contribution in [0.25, 0.3) is 87.6 Å². The molecule has 9 aromatic rings. The summed E-state index contributed by atoms with van der Waals surface area (Å²) in [6, 6.07) is 63.0. The van der Waals surface area contributed by atoms with Crippen molar-refractivity contribution in [2.75, 3.05) is 0 Å². The van der Waals surface area contributed by atoms with E-state index >= 15 is 0 Å². The fourth-order valence-electron chi connectivity index (χ4n) is 8.89. The summed E-state index contributed by atoms with van der Waals surface area (Å²) in [6.45, 7) is 4.75. The third-order valence-corrected chi connectivity index (χ3v) is 11.1. The molecule has 0 saturated heterocycles. The van der Waals surface area contributed by atoms with Gasteiger partial charge in [0.05, 0.1) is 0 Å². The molecule has 0 saturated carbocycles. The van der Waals surface area contributed by atoms with Crippen LogP contribution in [-0.4, -0.2) is 0 Å². The molecule has 0 radical (unpaired) electrons. The predicted octanol–water partition coefficient (Wildman–Crippen LogP) is 13.6. The Morgan fingerprint density at radius 3 is 1.55 bits per heavy atom. The van der Waals surface area contributed by atoms with Crippen molar-refractivity contribution in [3.63, 3.8) is 0 Å². The molecule has 0 amide bonds. The lowest BCUT2D eigenvalue weighted by Gasteiger charge is -2.23. The molecule has 0 nitrogen and oxygen atoms in total. The zero-order valence-corrected chi connectivity index (χ0v) is 27.7. The molecule has 0 spiro atoms. The topological polar surface area (TPSA) is 0 Å². The second-order valence-corrected chi connectivity index (χ2v) is 14.0. The van der Waals surface area contributed by atoms with Crippen LogP contribution in [0.5, 0.6) is 0 Å². The molecule has 0 bridgehead atoms. The summed E-state index contributed by atoms with van der Waals surface area (Å²) >= 11 is 0. The number of fused-ring (bicyclic) bond motifs is 8. The van der Waals surface area contributed by atoms with E-state index in [4.69, 9.17) is 0 Å². The maximum absolute atomic E-state index is 2.37. The third kappa shape index (κ3) is 4.04. The van der Waals surface area contributed by atoms with Crippen LogP contribution in [0, 0.1) is 0 Å². The first-order valence-electron chi connectivity index (χ1n) is 17.3. The Hall–Kier alpha value is -5.98. The first-order valence-corrected chi connectivity index (χ1v) is 17.3. The normalized spacial score (nSPS) is 13.3. The first-order chi connectivity index (χ1) is 24.1. The van der Waals surface area contributed by atoms with E-state index in [-0.39, 0.29) is 5.41 Å². The monoisotopic (exact) mass is 622 g/mol. The molecule has 0 unspecified atom stereocenters. The molecule has 0 heteroatoms. The lowest BCUT2D eigenvalue weighted by atomic mass is 9.79. The lowest BCUT2D eigenvalue weighted by molar-refractivity contribution is 0.666. The van der Waals surface area contributed by atoms with E-state index in [0.717, 1.165) is 0 Å². The molecular weight excluding hydrogens is 589 g/mol. The van der Waals surface area contributed by atoms with Gasteiger partial charge in [0.1, 0.15) is 0 Å². The predicted molar refractivity (Wildman–Crippen MR) is 210 cm³/mol. The highest BCUT2D eigenvalue weighted by molar-refractivity contribution is 6.23. The highest BCUT2D eigenvalue weighted by Gasteiger charge is 2.36. The zero-order chi connectivity index (χ0) is 32.7. The van der Waals surface area contributed by atoms with Crippen LogP contribution in [-0.2, 0) is 5.41 Å². The SMILES string of the molecule is CC1(C)c2ccccc2-c2ccc3c(-c4ccc(-c5c6ccccc6c(-c6cccc7ccccc67)c6ccccc56)cc4)cccc3c21. The quantitative estimate of drug-likeness (QED) is 0.172. The van der Waals surface area contributed by atoms with E-state index in [0.29, 0.717) is 0 Å². The Bertz CT molecular complexity index is 2720.